The van der Waals surface area contributed by atoms with Crippen molar-refractivity contribution in [1.29, 1.82) is 0 Å². The van der Waals surface area contributed by atoms with E-state index in [0.29, 0.717) is 13.0 Å². The third kappa shape index (κ3) is 7.19. The summed E-state index contributed by atoms with van der Waals surface area (Å²) in [5, 5.41) is 9.12. The van der Waals surface area contributed by atoms with Crippen molar-refractivity contribution in [3.8, 4) is 0 Å². The fraction of sp³-hybridized carbons (Fsp3) is 0.800. The Balaban J connectivity index is 4.15. The average molecular weight is 233 g/mol. The number of aliphatic hydroxyl groups excluding tert-OH is 1. The topological polar surface area (TPSA) is 76.1 Å². The summed E-state index contributed by atoms with van der Waals surface area (Å²) < 4.78 is 9.01. The number of ether oxygens (including phenoxy) is 2. The van der Waals surface area contributed by atoms with Gasteiger partial charge in [-0.1, -0.05) is 0 Å². The van der Waals surface area contributed by atoms with Crippen LogP contribution in [0.4, 0.5) is 0 Å². The molecule has 0 saturated heterocycles. The van der Waals surface area contributed by atoms with Gasteiger partial charge < -0.3 is 14.6 Å². The lowest BCUT2D eigenvalue weighted by atomic mass is 10.2. The first kappa shape index (κ1) is 14.9. The highest BCUT2D eigenvalue weighted by Crippen LogP contribution is 1.97. The van der Waals surface area contributed by atoms with Crippen LogP contribution in [0, 0.1) is 0 Å². The third-order valence-electron chi connectivity index (χ3n) is 2.02. The minimum Gasteiger partial charge on any atom is -0.468 e. The second-order valence-corrected chi connectivity index (χ2v) is 3.50. The van der Waals surface area contributed by atoms with Crippen LogP contribution < -0.4 is 0 Å². The molecule has 0 rings (SSSR count). The molecule has 0 amide bonds. The molecule has 0 aromatic heterocycles. The maximum absolute atomic E-state index is 11.1. The van der Waals surface area contributed by atoms with Crippen LogP contribution >= 0.6 is 0 Å². The summed E-state index contributed by atoms with van der Waals surface area (Å²) in [5.41, 5.74) is 0. The van der Waals surface area contributed by atoms with Gasteiger partial charge in [0.15, 0.2) is 0 Å². The quantitative estimate of drug-likeness (QED) is 0.592. The summed E-state index contributed by atoms with van der Waals surface area (Å²) in [7, 11) is 2.57. The van der Waals surface area contributed by atoms with Gasteiger partial charge in [0.2, 0.25) is 0 Å². The zero-order valence-electron chi connectivity index (χ0n) is 9.93. The van der Waals surface area contributed by atoms with Crippen LogP contribution in [0.1, 0.15) is 13.3 Å². The zero-order chi connectivity index (χ0) is 12.6. The number of aliphatic hydroxyl groups is 1. The molecule has 1 unspecified atom stereocenters. The Hall–Kier alpha value is -1.14. The number of hydrogen-bond acceptors (Lipinski definition) is 6. The minimum atomic E-state index is -0.474. The minimum absolute atomic E-state index is 0.0122. The molecule has 0 aliphatic carbocycles. The van der Waals surface area contributed by atoms with E-state index >= 15 is 0 Å². The summed E-state index contributed by atoms with van der Waals surface area (Å²) >= 11 is 0. The first-order valence-electron chi connectivity index (χ1n) is 5.03. The molecule has 0 spiro atoms. The van der Waals surface area contributed by atoms with E-state index in [-0.39, 0.29) is 13.1 Å². The van der Waals surface area contributed by atoms with Gasteiger partial charge in [0.25, 0.3) is 0 Å². The third-order valence-corrected chi connectivity index (χ3v) is 2.02. The molecule has 6 heteroatoms. The van der Waals surface area contributed by atoms with Gasteiger partial charge in [0, 0.05) is 6.54 Å². The second-order valence-electron chi connectivity index (χ2n) is 3.50. The first-order chi connectivity index (χ1) is 7.49. The van der Waals surface area contributed by atoms with Gasteiger partial charge in [-0.3, -0.25) is 14.5 Å². The van der Waals surface area contributed by atoms with E-state index in [1.165, 1.54) is 14.2 Å². The number of rotatable bonds is 7. The van der Waals surface area contributed by atoms with E-state index in [9.17, 15) is 9.59 Å². The number of carbonyl (C=O) groups is 2. The van der Waals surface area contributed by atoms with Gasteiger partial charge in [0.1, 0.15) is 0 Å². The normalized spacial score (nSPS) is 12.3. The molecule has 0 aromatic rings. The largest absolute Gasteiger partial charge is 0.468 e. The summed E-state index contributed by atoms with van der Waals surface area (Å²) in [5.74, 6) is -0.844. The number of hydrogen-bond donors (Lipinski definition) is 1. The number of nitrogens with zero attached hydrogens (tertiary/aromatic N) is 1. The standard InChI is InChI=1S/C10H19NO5/c1-8(12)4-5-11(6-9(13)15-2)7-10(14)16-3/h8,12H,4-7H2,1-3H3. The van der Waals surface area contributed by atoms with Crippen LogP contribution in [0.5, 0.6) is 0 Å². The highest BCUT2D eigenvalue weighted by molar-refractivity contribution is 5.74. The summed E-state index contributed by atoms with van der Waals surface area (Å²) in [6, 6.07) is 0. The van der Waals surface area contributed by atoms with Crippen molar-refractivity contribution in [2.75, 3.05) is 33.9 Å². The van der Waals surface area contributed by atoms with Crippen molar-refractivity contribution < 1.29 is 24.2 Å². The zero-order valence-corrected chi connectivity index (χ0v) is 9.93. The van der Waals surface area contributed by atoms with E-state index in [1.807, 2.05) is 0 Å². The molecule has 16 heavy (non-hydrogen) atoms. The van der Waals surface area contributed by atoms with Crippen molar-refractivity contribution in [3.05, 3.63) is 0 Å². The molecular formula is C10H19NO5. The van der Waals surface area contributed by atoms with Crippen molar-refractivity contribution >= 4 is 11.9 Å². The molecule has 0 heterocycles. The first-order valence-corrected chi connectivity index (χ1v) is 5.03. The summed E-state index contributed by atoms with van der Waals surface area (Å²) in [6.07, 6.45) is 0.00588. The van der Waals surface area contributed by atoms with Crippen LogP contribution in [0.15, 0.2) is 0 Å². The fourth-order valence-electron chi connectivity index (χ4n) is 1.08. The lowest BCUT2D eigenvalue weighted by molar-refractivity contribution is -0.145. The van der Waals surface area contributed by atoms with E-state index in [1.54, 1.807) is 11.8 Å². The monoisotopic (exact) mass is 233 g/mol. The maximum Gasteiger partial charge on any atom is 0.319 e. The van der Waals surface area contributed by atoms with Crippen molar-refractivity contribution in [3.63, 3.8) is 0 Å². The summed E-state index contributed by atoms with van der Waals surface area (Å²) in [4.78, 5) is 23.7. The van der Waals surface area contributed by atoms with Crippen LogP contribution in [0.2, 0.25) is 0 Å². The van der Waals surface area contributed by atoms with Gasteiger partial charge in [-0.05, 0) is 13.3 Å². The van der Waals surface area contributed by atoms with E-state index < -0.39 is 18.0 Å². The van der Waals surface area contributed by atoms with Gasteiger partial charge in [-0.25, -0.2) is 0 Å². The van der Waals surface area contributed by atoms with E-state index in [0.717, 1.165) is 0 Å². The Morgan fingerprint density at radius 2 is 1.62 bits per heavy atom. The predicted octanol–water partition coefficient (Wildman–Crippen LogP) is -0.595. The van der Waals surface area contributed by atoms with Gasteiger partial charge in [-0.2, -0.15) is 0 Å². The molecule has 0 radical (unpaired) electrons. The molecule has 0 aliphatic rings. The van der Waals surface area contributed by atoms with Crippen LogP contribution in [0.25, 0.3) is 0 Å². The van der Waals surface area contributed by atoms with Gasteiger partial charge >= 0.3 is 11.9 Å². The van der Waals surface area contributed by atoms with Gasteiger partial charge in [-0.15, -0.1) is 0 Å². The maximum atomic E-state index is 11.1. The molecule has 1 N–H and O–H groups in total. The second kappa shape index (κ2) is 8.06. The Bertz CT molecular complexity index is 211. The van der Waals surface area contributed by atoms with Crippen LogP contribution in [-0.4, -0.2) is 61.9 Å². The molecule has 0 aromatic carbocycles. The van der Waals surface area contributed by atoms with Crippen molar-refractivity contribution in [2.24, 2.45) is 0 Å². The Morgan fingerprint density at radius 3 is 1.94 bits per heavy atom. The lowest BCUT2D eigenvalue weighted by Gasteiger charge is -2.20. The lowest BCUT2D eigenvalue weighted by Crippen LogP contribution is -2.37. The molecule has 94 valence electrons. The average Bonchev–Trinajstić information content (AvgIpc) is 2.25. The highest BCUT2D eigenvalue weighted by atomic mass is 16.5. The molecule has 1 atom stereocenters. The SMILES string of the molecule is COC(=O)CN(CCC(C)O)CC(=O)OC. The smallest absolute Gasteiger partial charge is 0.319 e. The molecule has 0 aliphatic heterocycles. The van der Waals surface area contributed by atoms with Crippen molar-refractivity contribution in [1.82, 2.24) is 4.90 Å². The fourth-order valence-corrected chi connectivity index (χ4v) is 1.08. The molecule has 6 nitrogen and oxygen atoms in total. The molecular weight excluding hydrogens is 214 g/mol. The number of methoxy groups -OCH3 is 2. The number of carbonyl (C=O) groups excluding carboxylic acids is 2. The molecule has 0 bridgehead atoms. The van der Waals surface area contributed by atoms with Crippen LogP contribution in [0.3, 0.4) is 0 Å². The Labute approximate surface area is 95.1 Å². The Kier molecular flexibility index (Phi) is 7.49. The summed E-state index contributed by atoms with van der Waals surface area (Å²) in [6.45, 7) is 2.10. The number of esters is 2. The van der Waals surface area contributed by atoms with Gasteiger partial charge in [0.05, 0.1) is 33.4 Å². The molecule has 0 saturated carbocycles. The predicted molar refractivity (Wildman–Crippen MR) is 56.8 cm³/mol. The molecule has 0 fully saturated rings. The van der Waals surface area contributed by atoms with Crippen LogP contribution in [-0.2, 0) is 19.1 Å². The highest BCUT2D eigenvalue weighted by Gasteiger charge is 2.15. The van der Waals surface area contributed by atoms with Crippen molar-refractivity contribution in [2.45, 2.75) is 19.4 Å². The van der Waals surface area contributed by atoms with E-state index in [2.05, 4.69) is 9.47 Å². The Morgan fingerprint density at radius 1 is 1.19 bits per heavy atom. The van der Waals surface area contributed by atoms with E-state index in [4.69, 9.17) is 5.11 Å².